The molecular weight excluding hydrogens is 328 g/mol. The maximum atomic E-state index is 6.12. The second kappa shape index (κ2) is 6.68. The average molecular weight is 348 g/mol. The van der Waals surface area contributed by atoms with Gasteiger partial charge in [0.1, 0.15) is 5.76 Å². The molecule has 0 radical (unpaired) electrons. The van der Waals surface area contributed by atoms with Gasteiger partial charge in [-0.3, -0.25) is 0 Å². The van der Waals surface area contributed by atoms with Crippen molar-refractivity contribution < 1.29 is 8.83 Å². The monoisotopic (exact) mass is 348 g/mol. The number of aromatic nitrogens is 5. The molecule has 3 rings (SSSR count). The van der Waals surface area contributed by atoms with E-state index in [1.807, 2.05) is 19.9 Å². The highest BCUT2D eigenvalue weighted by molar-refractivity contribution is 7.99. The van der Waals surface area contributed by atoms with Crippen molar-refractivity contribution in [1.82, 2.24) is 25.1 Å². The molecule has 24 heavy (non-hydrogen) atoms. The number of hydrogen-bond donors (Lipinski definition) is 1. The van der Waals surface area contributed by atoms with E-state index in [0.717, 1.165) is 17.7 Å². The lowest BCUT2D eigenvalue weighted by Crippen LogP contribution is -2.12. The number of aryl methyl sites for hydroxylation is 1. The fourth-order valence-corrected chi connectivity index (χ4v) is 3.03. The molecule has 0 spiro atoms. The van der Waals surface area contributed by atoms with E-state index >= 15 is 0 Å². The largest absolute Gasteiger partial charge is 0.469 e. The van der Waals surface area contributed by atoms with Crippen LogP contribution in [0, 0.1) is 12.8 Å². The number of furan rings is 1. The Labute approximate surface area is 143 Å². The van der Waals surface area contributed by atoms with Gasteiger partial charge < -0.3 is 14.7 Å². The van der Waals surface area contributed by atoms with Gasteiger partial charge in [-0.05, 0) is 25.8 Å². The van der Waals surface area contributed by atoms with Crippen molar-refractivity contribution in [1.29, 1.82) is 0 Å². The third-order valence-electron chi connectivity index (χ3n) is 3.46. The molecule has 0 bridgehead atoms. The van der Waals surface area contributed by atoms with Crippen LogP contribution < -0.4 is 5.84 Å². The van der Waals surface area contributed by atoms with Crippen LogP contribution in [0.1, 0.15) is 43.6 Å². The summed E-state index contributed by atoms with van der Waals surface area (Å²) >= 11 is 1.42. The van der Waals surface area contributed by atoms with E-state index in [2.05, 4.69) is 34.2 Å². The lowest BCUT2D eigenvalue weighted by atomic mass is 10.1. The molecule has 0 saturated heterocycles. The van der Waals surface area contributed by atoms with E-state index < -0.39 is 0 Å². The number of hydrogen-bond acceptors (Lipinski definition) is 8. The smallest absolute Gasteiger partial charge is 0.229 e. The minimum atomic E-state index is -0.0804. The SMILES string of the molecule is Cc1occc1-c1nnc(S[C@@H](C)c2nnc(CC(C)C)o2)n1N. The molecule has 9 heteroatoms. The Morgan fingerprint density at radius 3 is 2.67 bits per heavy atom. The molecule has 0 saturated carbocycles. The molecule has 128 valence electrons. The van der Waals surface area contributed by atoms with E-state index in [0.29, 0.717) is 28.7 Å². The van der Waals surface area contributed by atoms with Crippen LogP contribution in [-0.4, -0.2) is 25.1 Å². The fraction of sp³-hybridized carbons (Fsp3) is 0.467. The first-order valence-electron chi connectivity index (χ1n) is 7.69. The Hall–Kier alpha value is -2.29. The number of nitrogens with zero attached hydrogens (tertiary/aromatic N) is 5. The minimum absolute atomic E-state index is 0.0804. The zero-order chi connectivity index (χ0) is 17.3. The van der Waals surface area contributed by atoms with Gasteiger partial charge in [-0.2, -0.15) is 0 Å². The molecule has 0 fully saturated rings. The van der Waals surface area contributed by atoms with Gasteiger partial charge in [-0.15, -0.1) is 20.4 Å². The number of thioether (sulfide) groups is 1. The first-order chi connectivity index (χ1) is 11.5. The summed E-state index contributed by atoms with van der Waals surface area (Å²) in [4.78, 5) is 0. The second-order valence-corrected chi connectivity index (χ2v) is 7.27. The maximum Gasteiger partial charge on any atom is 0.229 e. The van der Waals surface area contributed by atoms with Crippen LogP contribution >= 0.6 is 11.8 Å². The first-order valence-corrected chi connectivity index (χ1v) is 8.57. The fourth-order valence-electron chi connectivity index (χ4n) is 2.23. The summed E-state index contributed by atoms with van der Waals surface area (Å²) in [5.74, 6) is 9.10. The summed E-state index contributed by atoms with van der Waals surface area (Å²) in [6, 6.07) is 1.82. The van der Waals surface area contributed by atoms with Crippen molar-refractivity contribution in [2.24, 2.45) is 5.92 Å². The molecule has 8 nitrogen and oxygen atoms in total. The van der Waals surface area contributed by atoms with E-state index in [4.69, 9.17) is 14.7 Å². The summed E-state index contributed by atoms with van der Waals surface area (Å²) in [6.07, 6.45) is 2.37. The standard InChI is InChI=1S/C15H20N6O2S/c1-8(2)7-12-17-19-14(23-12)10(4)24-15-20-18-13(21(15)16)11-5-6-22-9(11)3/h5-6,8,10H,7,16H2,1-4H3/t10-/m0/s1. The molecule has 0 aliphatic rings. The van der Waals surface area contributed by atoms with E-state index in [-0.39, 0.29) is 5.25 Å². The lowest BCUT2D eigenvalue weighted by molar-refractivity contribution is 0.426. The quantitative estimate of drug-likeness (QED) is 0.535. The lowest BCUT2D eigenvalue weighted by Gasteiger charge is -2.06. The highest BCUT2D eigenvalue weighted by atomic mass is 32.2. The van der Waals surface area contributed by atoms with Crippen molar-refractivity contribution >= 4 is 11.8 Å². The number of rotatable bonds is 6. The summed E-state index contributed by atoms with van der Waals surface area (Å²) in [5.41, 5.74) is 0.821. The summed E-state index contributed by atoms with van der Waals surface area (Å²) in [7, 11) is 0. The Balaban J connectivity index is 1.75. The summed E-state index contributed by atoms with van der Waals surface area (Å²) in [6.45, 7) is 8.04. The van der Waals surface area contributed by atoms with Crippen LogP contribution in [0.15, 0.2) is 26.3 Å². The maximum absolute atomic E-state index is 6.12. The van der Waals surface area contributed by atoms with E-state index in [1.165, 1.54) is 16.4 Å². The topological polar surface area (TPSA) is 109 Å². The number of nitrogen functional groups attached to an aromatic ring is 1. The van der Waals surface area contributed by atoms with Gasteiger partial charge in [0.15, 0.2) is 5.82 Å². The van der Waals surface area contributed by atoms with Gasteiger partial charge in [0.2, 0.25) is 16.9 Å². The molecule has 0 aliphatic heterocycles. The summed E-state index contributed by atoms with van der Waals surface area (Å²) < 4.78 is 12.5. The van der Waals surface area contributed by atoms with Crippen molar-refractivity contribution in [3.8, 4) is 11.4 Å². The molecule has 0 aromatic carbocycles. The third-order valence-corrected chi connectivity index (χ3v) is 4.50. The van der Waals surface area contributed by atoms with Crippen LogP contribution in [-0.2, 0) is 6.42 Å². The highest BCUT2D eigenvalue weighted by Gasteiger charge is 2.21. The van der Waals surface area contributed by atoms with Gasteiger partial charge in [0.05, 0.1) is 17.1 Å². The zero-order valence-corrected chi connectivity index (χ0v) is 14.9. The van der Waals surface area contributed by atoms with Gasteiger partial charge >= 0.3 is 0 Å². The molecule has 0 unspecified atom stereocenters. The molecule has 2 N–H and O–H groups in total. The van der Waals surface area contributed by atoms with Gasteiger partial charge in [0, 0.05) is 6.42 Å². The van der Waals surface area contributed by atoms with Crippen LogP contribution in [0.25, 0.3) is 11.4 Å². The molecule has 0 aliphatic carbocycles. The zero-order valence-electron chi connectivity index (χ0n) is 14.1. The molecule has 3 heterocycles. The Morgan fingerprint density at radius 1 is 1.21 bits per heavy atom. The molecular formula is C15H20N6O2S. The van der Waals surface area contributed by atoms with E-state index in [1.54, 1.807) is 6.26 Å². The second-order valence-electron chi connectivity index (χ2n) is 5.96. The number of nitrogens with two attached hydrogens (primary N) is 1. The highest BCUT2D eigenvalue weighted by Crippen LogP contribution is 2.34. The molecule has 3 aromatic heterocycles. The molecule has 0 amide bonds. The van der Waals surface area contributed by atoms with Crippen molar-refractivity contribution in [2.45, 2.75) is 44.5 Å². The van der Waals surface area contributed by atoms with Crippen LogP contribution in [0.2, 0.25) is 0 Å². The van der Waals surface area contributed by atoms with Crippen molar-refractivity contribution in [2.75, 3.05) is 5.84 Å². The predicted molar refractivity (Wildman–Crippen MR) is 89.7 cm³/mol. The predicted octanol–water partition coefficient (Wildman–Crippen LogP) is 3.00. The van der Waals surface area contributed by atoms with Crippen LogP contribution in [0.3, 0.4) is 0 Å². The van der Waals surface area contributed by atoms with Crippen LogP contribution in [0.5, 0.6) is 0 Å². The van der Waals surface area contributed by atoms with Crippen molar-refractivity contribution in [3.63, 3.8) is 0 Å². The Morgan fingerprint density at radius 2 is 2.00 bits per heavy atom. The van der Waals surface area contributed by atoms with Gasteiger partial charge in [-0.1, -0.05) is 25.6 Å². The Bertz CT molecular complexity index is 822. The normalized spacial score (nSPS) is 12.9. The minimum Gasteiger partial charge on any atom is -0.469 e. The molecule has 3 aromatic rings. The van der Waals surface area contributed by atoms with E-state index in [9.17, 15) is 0 Å². The Kier molecular flexibility index (Phi) is 4.61. The third kappa shape index (κ3) is 3.30. The first kappa shape index (κ1) is 16.6. The van der Waals surface area contributed by atoms with Crippen molar-refractivity contribution in [3.05, 3.63) is 29.9 Å². The van der Waals surface area contributed by atoms with Crippen LogP contribution in [0.4, 0.5) is 0 Å². The van der Waals surface area contributed by atoms with Gasteiger partial charge in [-0.25, -0.2) is 4.68 Å². The average Bonchev–Trinajstić information content (AvgIpc) is 3.21. The van der Waals surface area contributed by atoms with Gasteiger partial charge in [0.25, 0.3) is 0 Å². The molecule has 1 atom stereocenters. The summed E-state index contributed by atoms with van der Waals surface area (Å²) in [5, 5.41) is 17.0.